The van der Waals surface area contributed by atoms with Gasteiger partial charge >= 0.3 is 0 Å². The van der Waals surface area contributed by atoms with Crippen LogP contribution in [-0.2, 0) is 0 Å². The maximum Gasteiger partial charge on any atom is 0.271 e. The Balaban J connectivity index is 1.86. The van der Waals surface area contributed by atoms with Crippen LogP contribution in [0.25, 0.3) is 0 Å². The first-order chi connectivity index (χ1) is 11.1. The number of thiazole rings is 1. The van der Waals surface area contributed by atoms with Gasteiger partial charge < -0.3 is 5.32 Å². The molecule has 0 spiro atoms. The molecular formula is C15H14FN5OS. The van der Waals surface area contributed by atoms with E-state index in [0.29, 0.717) is 15.7 Å². The predicted octanol–water partition coefficient (Wildman–Crippen LogP) is 2.89. The minimum Gasteiger partial charge on any atom is -0.348 e. The number of aromatic nitrogens is 2. The smallest absolute Gasteiger partial charge is 0.271 e. The van der Waals surface area contributed by atoms with E-state index in [-0.39, 0.29) is 17.6 Å². The lowest BCUT2D eigenvalue weighted by Crippen LogP contribution is -2.39. The lowest BCUT2D eigenvalue weighted by molar-refractivity contribution is 0.0912. The van der Waals surface area contributed by atoms with E-state index in [2.05, 4.69) is 15.3 Å². The number of aryl methyl sites for hydroxylation is 1. The summed E-state index contributed by atoms with van der Waals surface area (Å²) in [6, 6.07) is 1.41. The molecule has 1 saturated carbocycles. The van der Waals surface area contributed by atoms with Crippen LogP contribution in [0.2, 0.25) is 0 Å². The monoisotopic (exact) mass is 331 g/mol. The summed E-state index contributed by atoms with van der Waals surface area (Å²) in [5.41, 5.74) is 0.578. The standard InChI is InChI=1S/C15H14FN5OS/c1-9-13(14(22)19-11-3-2-4-11)20-15(23-9)21(8-17)12-5-10(16)6-18-7-12/h5-7,11H,2-4H2,1H3,(H,19,22). The SMILES string of the molecule is Cc1sc(N(C#N)c2cncc(F)c2)nc1C(=O)NC1CCC1. The molecule has 2 heterocycles. The zero-order valence-corrected chi connectivity index (χ0v) is 13.2. The fourth-order valence-corrected chi connectivity index (χ4v) is 3.11. The van der Waals surface area contributed by atoms with Crippen LogP contribution < -0.4 is 10.2 Å². The average molecular weight is 331 g/mol. The second kappa shape index (κ2) is 6.30. The number of pyridine rings is 1. The van der Waals surface area contributed by atoms with Gasteiger partial charge in [-0.05, 0) is 26.2 Å². The summed E-state index contributed by atoms with van der Waals surface area (Å²) in [6.45, 7) is 1.77. The van der Waals surface area contributed by atoms with Crippen molar-refractivity contribution in [3.63, 3.8) is 0 Å². The quantitative estimate of drug-likeness (QED) is 0.688. The number of nitrogens with one attached hydrogen (secondary N) is 1. The maximum absolute atomic E-state index is 13.3. The topological polar surface area (TPSA) is 81.9 Å². The van der Waals surface area contributed by atoms with Crippen LogP contribution in [0.15, 0.2) is 18.5 Å². The molecule has 1 amide bonds. The van der Waals surface area contributed by atoms with Crippen molar-refractivity contribution in [3.05, 3.63) is 34.8 Å². The molecule has 1 aliphatic carbocycles. The Labute approximate surface area is 136 Å². The zero-order valence-electron chi connectivity index (χ0n) is 12.4. The highest BCUT2D eigenvalue weighted by Gasteiger charge is 2.24. The molecule has 0 radical (unpaired) electrons. The average Bonchev–Trinajstić information content (AvgIpc) is 2.85. The van der Waals surface area contributed by atoms with Crippen LogP contribution in [0, 0.1) is 24.2 Å². The zero-order chi connectivity index (χ0) is 16.4. The van der Waals surface area contributed by atoms with Gasteiger partial charge in [0.15, 0.2) is 6.19 Å². The first kappa shape index (κ1) is 15.4. The van der Waals surface area contributed by atoms with Gasteiger partial charge in [-0.3, -0.25) is 9.78 Å². The third-order valence-electron chi connectivity index (χ3n) is 3.68. The minimum atomic E-state index is -0.543. The summed E-state index contributed by atoms with van der Waals surface area (Å²) in [5, 5.41) is 12.6. The van der Waals surface area contributed by atoms with E-state index >= 15 is 0 Å². The number of nitriles is 1. The predicted molar refractivity (Wildman–Crippen MR) is 83.9 cm³/mol. The summed E-state index contributed by atoms with van der Waals surface area (Å²) >= 11 is 1.21. The minimum absolute atomic E-state index is 0.214. The van der Waals surface area contributed by atoms with Gasteiger partial charge in [0.05, 0.1) is 18.1 Å². The number of rotatable bonds is 4. The Bertz CT molecular complexity index is 780. The van der Waals surface area contributed by atoms with Crippen molar-refractivity contribution in [3.8, 4) is 6.19 Å². The van der Waals surface area contributed by atoms with E-state index in [9.17, 15) is 14.4 Å². The van der Waals surface area contributed by atoms with Gasteiger partial charge in [-0.25, -0.2) is 14.3 Å². The number of hydrogen-bond donors (Lipinski definition) is 1. The lowest BCUT2D eigenvalue weighted by atomic mass is 9.93. The number of carbonyl (C=O) groups excluding carboxylic acids is 1. The van der Waals surface area contributed by atoms with Gasteiger partial charge in [0.2, 0.25) is 5.13 Å². The Morgan fingerprint density at radius 1 is 1.52 bits per heavy atom. The highest BCUT2D eigenvalue weighted by Crippen LogP contribution is 2.31. The fourth-order valence-electron chi connectivity index (χ4n) is 2.23. The third kappa shape index (κ3) is 3.14. The largest absolute Gasteiger partial charge is 0.348 e. The fraction of sp³-hybridized carbons (Fsp3) is 0.333. The number of anilines is 2. The van der Waals surface area contributed by atoms with E-state index in [4.69, 9.17) is 0 Å². The second-order valence-electron chi connectivity index (χ2n) is 5.30. The van der Waals surface area contributed by atoms with Crippen LogP contribution in [0.5, 0.6) is 0 Å². The van der Waals surface area contributed by atoms with Gasteiger partial charge in [0, 0.05) is 17.0 Å². The van der Waals surface area contributed by atoms with E-state index in [0.717, 1.165) is 30.4 Å². The molecule has 0 atom stereocenters. The molecule has 3 rings (SSSR count). The Morgan fingerprint density at radius 3 is 2.91 bits per heavy atom. The van der Waals surface area contributed by atoms with Crippen LogP contribution >= 0.6 is 11.3 Å². The molecule has 23 heavy (non-hydrogen) atoms. The molecule has 0 bridgehead atoms. The van der Waals surface area contributed by atoms with Gasteiger partial charge in [-0.15, -0.1) is 11.3 Å². The number of carbonyl (C=O) groups is 1. The molecule has 2 aromatic rings. The summed E-state index contributed by atoms with van der Waals surface area (Å²) in [5.74, 6) is -0.774. The van der Waals surface area contributed by atoms with Crippen molar-refractivity contribution >= 4 is 28.1 Å². The molecule has 2 aromatic heterocycles. The number of halogens is 1. The van der Waals surface area contributed by atoms with Crippen LogP contribution in [0.1, 0.15) is 34.6 Å². The van der Waals surface area contributed by atoms with Crippen molar-refractivity contribution in [2.75, 3.05) is 4.90 Å². The van der Waals surface area contributed by atoms with Crippen LogP contribution in [0.4, 0.5) is 15.2 Å². The Morgan fingerprint density at radius 2 is 2.30 bits per heavy atom. The summed E-state index contributed by atoms with van der Waals surface area (Å²) < 4.78 is 13.3. The Hall–Kier alpha value is -2.53. The highest BCUT2D eigenvalue weighted by atomic mass is 32.1. The van der Waals surface area contributed by atoms with E-state index in [1.807, 2.05) is 6.19 Å². The van der Waals surface area contributed by atoms with Crippen molar-refractivity contribution in [2.24, 2.45) is 0 Å². The summed E-state index contributed by atoms with van der Waals surface area (Å²) in [4.78, 5) is 22.1. The molecule has 6 nitrogen and oxygen atoms in total. The molecule has 0 unspecified atom stereocenters. The van der Waals surface area contributed by atoms with Gasteiger partial charge in [0.1, 0.15) is 11.5 Å². The molecule has 118 valence electrons. The first-order valence-electron chi connectivity index (χ1n) is 7.17. The maximum atomic E-state index is 13.3. The molecule has 8 heteroatoms. The van der Waals surface area contributed by atoms with Gasteiger partial charge in [-0.1, -0.05) is 0 Å². The van der Waals surface area contributed by atoms with Crippen molar-refractivity contribution in [1.29, 1.82) is 5.26 Å². The number of hydrogen-bond acceptors (Lipinski definition) is 6. The number of nitrogens with zero attached hydrogens (tertiary/aromatic N) is 4. The van der Waals surface area contributed by atoms with E-state index in [1.54, 1.807) is 6.92 Å². The molecule has 0 aliphatic heterocycles. The van der Waals surface area contributed by atoms with Crippen LogP contribution in [-0.4, -0.2) is 21.9 Å². The molecule has 0 saturated heterocycles. The third-order valence-corrected chi connectivity index (χ3v) is 4.64. The summed E-state index contributed by atoms with van der Waals surface area (Å²) in [6.07, 6.45) is 7.48. The molecule has 0 aromatic carbocycles. The number of amides is 1. The normalized spacial score (nSPS) is 14.0. The van der Waals surface area contributed by atoms with Gasteiger partial charge in [-0.2, -0.15) is 5.26 Å². The molecule has 1 fully saturated rings. The van der Waals surface area contributed by atoms with Crippen molar-refractivity contribution in [1.82, 2.24) is 15.3 Å². The molecule has 1 N–H and O–H groups in total. The first-order valence-corrected chi connectivity index (χ1v) is 7.99. The molecular weight excluding hydrogens is 317 g/mol. The second-order valence-corrected chi connectivity index (χ2v) is 6.48. The van der Waals surface area contributed by atoms with Gasteiger partial charge in [0.25, 0.3) is 5.91 Å². The van der Waals surface area contributed by atoms with Crippen molar-refractivity contribution in [2.45, 2.75) is 32.2 Å². The Kier molecular flexibility index (Phi) is 4.21. The van der Waals surface area contributed by atoms with Crippen LogP contribution in [0.3, 0.4) is 0 Å². The van der Waals surface area contributed by atoms with E-state index in [1.165, 1.54) is 23.6 Å². The lowest BCUT2D eigenvalue weighted by Gasteiger charge is -2.26. The van der Waals surface area contributed by atoms with Crippen molar-refractivity contribution < 1.29 is 9.18 Å². The highest BCUT2D eigenvalue weighted by molar-refractivity contribution is 7.16. The van der Waals surface area contributed by atoms with E-state index < -0.39 is 5.82 Å². The summed E-state index contributed by atoms with van der Waals surface area (Å²) in [7, 11) is 0. The molecule has 1 aliphatic rings.